The Bertz CT molecular complexity index is 1350. The van der Waals surface area contributed by atoms with Crippen molar-refractivity contribution in [3.63, 3.8) is 0 Å². The lowest BCUT2D eigenvalue weighted by Gasteiger charge is -2.33. The van der Waals surface area contributed by atoms with Crippen LogP contribution < -0.4 is 9.62 Å². The molecule has 0 aliphatic carbocycles. The molecular weight excluding hydrogens is 541 g/mol. The highest BCUT2D eigenvalue weighted by molar-refractivity contribution is 7.92. The number of sulfonamides is 1. The number of benzene rings is 3. The Hall–Kier alpha value is -3.43. The van der Waals surface area contributed by atoms with E-state index in [1.807, 2.05) is 13.8 Å². The number of hydrogen-bond donors (Lipinski definition) is 1. The molecule has 0 fully saturated rings. The summed E-state index contributed by atoms with van der Waals surface area (Å²) >= 11 is 6.04. The first-order valence-corrected chi connectivity index (χ1v) is 14.5. The summed E-state index contributed by atoms with van der Waals surface area (Å²) in [6, 6.07) is 18.7. The van der Waals surface area contributed by atoms with Gasteiger partial charge in [0.25, 0.3) is 10.0 Å². The fourth-order valence-corrected chi connectivity index (χ4v) is 5.55. The van der Waals surface area contributed by atoms with Gasteiger partial charge in [-0.25, -0.2) is 12.8 Å². The van der Waals surface area contributed by atoms with Crippen molar-refractivity contribution in [1.29, 1.82) is 0 Å². The number of halogens is 2. The predicted octanol–water partition coefficient (Wildman–Crippen LogP) is 5.25. The normalized spacial score (nSPS) is 12.2. The topological polar surface area (TPSA) is 86.8 Å². The second-order valence-corrected chi connectivity index (χ2v) is 11.8. The Labute approximate surface area is 234 Å². The van der Waals surface area contributed by atoms with E-state index in [-0.39, 0.29) is 29.0 Å². The molecule has 0 aliphatic heterocycles. The molecule has 3 aromatic carbocycles. The van der Waals surface area contributed by atoms with Crippen molar-refractivity contribution in [3.05, 3.63) is 95.3 Å². The molecule has 3 aromatic rings. The second kappa shape index (κ2) is 13.6. The van der Waals surface area contributed by atoms with Gasteiger partial charge < -0.3 is 10.2 Å². The maximum absolute atomic E-state index is 13.9. The zero-order valence-corrected chi connectivity index (χ0v) is 23.8. The number of nitrogens with zero attached hydrogens (tertiary/aromatic N) is 2. The van der Waals surface area contributed by atoms with Crippen LogP contribution in [0.1, 0.15) is 32.8 Å². The lowest BCUT2D eigenvalue weighted by Crippen LogP contribution is -2.52. The van der Waals surface area contributed by atoms with Crippen molar-refractivity contribution < 1.29 is 22.4 Å². The molecule has 0 spiro atoms. The zero-order chi connectivity index (χ0) is 28.6. The highest BCUT2D eigenvalue weighted by Crippen LogP contribution is 2.26. The fraction of sp³-hybridized carbons (Fsp3) is 0.310. The summed E-state index contributed by atoms with van der Waals surface area (Å²) < 4.78 is 42.0. The molecule has 7 nitrogen and oxygen atoms in total. The molecule has 0 bridgehead atoms. The quantitative estimate of drug-likeness (QED) is 0.320. The largest absolute Gasteiger partial charge is 0.354 e. The molecule has 0 saturated heterocycles. The number of amides is 2. The summed E-state index contributed by atoms with van der Waals surface area (Å²) in [5.74, 6) is -1.16. The van der Waals surface area contributed by atoms with E-state index in [9.17, 15) is 22.4 Å². The van der Waals surface area contributed by atoms with Gasteiger partial charge in [0, 0.05) is 18.1 Å². The molecule has 1 atom stereocenters. The summed E-state index contributed by atoms with van der Waals surface area (Å²) in [6.45, 7) is 5.55. The van der Waals surface area contributed by atoms with E-state index in [1.165, 1.54) is 53.4 Å². The molecular formula is C29H33ClFN3O4S. The van der Waals surface area contributed by atoms with E-state index in [4.69, 9.17) is 11.6 Å². The van der Waals surface area contributed by atoms with Crippen LogP contribution in [-0.2, 0) is 26.2 Å². The van der Waals surface area contributed by atoms with Crippen molar-refractivity contribution in [3.8, 4) is 0 Å². The molecule has 0 heterocycles. The molecule has 0 aromatic heterocycles. The van der Waals surface area contributed by atoms with Gasteiger partial charge in [-0.1, -0.05) is 62.7 Å². The lowest BCUT2D eigenvalue weighted by atomic mass is 10.1. The van der Waals surface area contributed by atoms with E-state index in [1.54, 1.807) is 37.3 Å². The van der Waals surface area contributed by atoms with Crippen molar-refractivity contribution in [2.24, 2.45) is 5.92 Å². The molecule has 0 aliphatic rings. The Morgan fingerprint density at radius 1 is 0.949 bits per heavy atom. The Morgan fingerprint density at radius 3 is 2.13 bits per heavy atom. The monoisotopic (exact) mass is 573 g/mol. The molecule has 2 amide bonds. The van der Waals surface area contributed by atoms with Gasteiger partial charge in [0.05, 0.1) is 10.6 Å². The number of anilines is 1. The van der Waals surface area contributed by atoms with Gasteiger partial charge in [-0.3, -0.25) is 13.9 Å². The van der Waals surface area contributed by atoms with Gasteiger partial charge in [-0.15, -0.1) is 0 Å². The fourth-order valence-electron chi connectivity index (χ4n) is 3.98. The van der Waals surface area contributed by atoms with Gasteiger partial charge in [-0.2, -0.15) is 0 Å². The molecule has 1 N–H and O–H groups in total. The predicted molar refractivity (Wildman–Crippen MR) is 151 cm³/mol. The van der Waals surface area contributed by atoms with Crippen molar-refractivity contribution in [1.82, 2.24) is 10.2 Å². The van der Waals surface area contributed by atoms with Gasteiger partial charge in [0.1, 0.15) is 18.4 Å². The summed E-state index contributed by atoms with van der Waals surface area (Å²) in [4.78, 5) is 28.5. The minimum atomic E-state index is -4.16. The molecule has 39 heavy (non-hydrogen) atoms. The van der Waals surface area contributed by atoms with Crippen LogP contribution in [0.5, 0.6) is 0 Å². The Kier molecular flexibility index (Phi) is 10.5. The summed E-state index contributed by atoms with van der Waals surface area (Å²) in [5, 5.41) is 3.28. The molecule has 10 heteroatoms. The third-order valence-corrected chi connectivity index (χ3v) is 8.10. The first kappa shape index (κ1) is 30.1. The highest BCUT2D eigenvalue weighted by Gasteiger charge is 2.33. The molecule has 3 rings (SSSR count). The summed E-state index contributed by atoms with van der Waals surface area (Å²) in [7, 11) is -4.16. The third-order valence-electron chi connectivity index (χ3n) is 6.06. The van der Waals surface area contributed by atoms with Crippen molar-refractivity contribution >= 4 is 39.1 Å². The van der Waals surface area contributed by atoms with Crippen LogP contribution in [0.3, 0.4) is 0 Å². The van der Waals surface area contributed by atoms with Crippen LogP contribution in [0.25, 0.3) is 0 Å². The van der Waals surface area contributed by atoms with E-state index in [0.717, 1.165) is 4.31 Å². The van der Waals surface area contributed by atoms with E-state index >= 15 is 0 Å². The van der Waals surface area contributed by atoms with E-state index in [2.05, 4.69) is 5.32 Å². The smallest absolute Gasteiger partial charge is 0.264 e. The van der Waals surface area contributed by atoms with Gasteiger partial charge >= 0.3 is 0 Å². The number of rotatable bonds is 12. The Balaban J connectivity index is 2.02. The van der Waals surface area contributed by atoms with Crippen molar-refractivity contribution in [2.45, 2.75) is 44.7 Å². The van der Waals surface area contributed by atoms with Crippen LogP contribution in [0.4, 0.5) is 10.1 Å². The standard InChI is InChI=1S/C29H33ClFN3O4S/c1-4-27(29(36)32-18-21(2)3)33(19-22-10-14-24(31)15-11-22)28(35)20-34(25-16-12-23(30)13-17-25)39(37,38)26-8-6-5-7-9-26/h5-17,21,27H,4,18-20H2,1-3H3,(H,32,36). The average Bonchev–Trinajstić information content (AvgIpc) is 2.92. The van der Waals surface area contributed by atoms with Crippen LogP contribution in [0.15, 0.2) is 83.8 Å². The highest BCUT2D eigenvalue weighted by atomic mass is 35.5. The summed E-state index contributed by atoms with van der Waals surface area (Å²) in [6.07, 6.45) is 0.295. The number of hydrogen-bond acceptors (Lipinski definition) is 4. The van der Waals surface area contributed by atoms with Crippen LogP contribution >= 0.6 is 11.6 Å². The van der Waals surface area contributed by atoms with Crippen LogP contribution in [-0.4, -0.2) is 44.3 Å². The summed E-state index contributed by atoms with van der Waals surface area (Å²) in [5.41, 5.74) is 0.847. The SMILES string of the molecule is CCC(C(=O)NCC(C)C)N(Cc1ccc(F)cc1)C(=O)CN(c1ccc(Cl)cc1)S(=O)(=O)c1ccccc1. The maximum Gasteiger partial charge on any atom is 0.264 e. The third kappa shape index (κ3) is 8.03. The van der Waals surface area contributed by atoms with Gasteiger partial charge in [0.15, 0.2) is 0 Å². The lowest BCUT2D eigenvalue weighted by molar-refractivity contribution is -0.140. The van der Waals surface area contributed by atoms with Crippen LogP contribution in [0, 0.1) is 11.7 Å². The maximum atomic E-state index is 13.9. The molecule has 0 saturated carbocycles. The number of carbonyl (C=O) groups excluding carboxylic acids is 2. The average molecular weight is 574 g/mol. The van der Waals surface area contributed by atoms with Gasteiger partial charge in [0.2, 0.25) is 11.8 Å². The zero-order valence-electron chi connectivity index (χ0n) is 22.2. The van der Waals surface area contributed by atoms with Crippen LogP contribution in [0.2, 0.25) is 5.02 Å². The molecule has 1 unspecified atom stereocenters. The first-order chi connectivity index (χ1) is 18.5. The van der Waals surface area contributed by atoms with E-state index < -0.39 is 34.3 Å². The number of carbonyl (C=O) groups is 2. The number of nitrogens with one attached hydrogen (secondary N) is 1. The van der Waals surface area contributed by atoms with E-state index in [0.29, 0.717) is 23.6 Å². The molecule has 208 valence electrons. The van der Waals surface area contributed by atoms with Crippen molar-refractivity contribution in [2.75, 3.05) is 17.4 Å². The van der Waals surface area contributed by atoms with Gasteiger partial charge in [-0.05, 0) is 66.4 Å². The first-order valence-electron chi connectivity index (χ1n) is 12.7. The minimum absolute atomic E-state index is 0.00738. The minimum Gasteiger partial charge on any atom is -0.354 e. The molecule has 0 radical (unpaired) electrons. The Morgan fingerprint density at radius 2 is 1.56 bits per heavy atom. The second-order valence-electron chi connectivity index (χ2n) is 9.51.